The minimum absolute atomic E-state index is 0.134. The van der Waals surface area contributed by atoms with Crippen molar-refractivity contribution in [2.45, 2.75) is 6.42 Å². The van der Waals surface area contributed by atoms with E-state index in [0.717, 1.165) is 16.3 Å². The third-order valence-corrected chi connectivity index (χ3v) is 5.89. The zero-order valence-electron chi connectivity index (χ0n) is 15.3. The molecule has 5 nitrogen and oxygen atoms in total. The fourth-order valence-corrected chi connectivity index (χ4v) is 4.15. The van der Waals surface area contributed by atoms with Gasteiger partial charge in [-0.1, -0.05) is 36.4 Å². The van der Waals surface area contributed by atoms with Gasteiger partial charge in [-0.05, 0) is 35.7 Å². The molecule has 2 aromatic carbocycles. The lowest BCUT2D eigenvalue weighted by Crippen LogP contribution is -2.15. The summed E-state index contributed by atoms with van der Waals surface area (Å²) in [6.07, 6.45) is 0.209. The third-order valence-electron chi connectivity index (χ3n) is 4.09. The summed E-state index contributed by atoms with van der Waals surface area (Å²) in [5, 5.41) is 10.4. The number of hydrogen-bond acceptors (Lipinski definition) is 5. The number of carbonyl (C=O) groups is 2. The van der Waals surface area contributed by atoms with Gasteiger partial charge < -0.3 is 10.6 Å². The topological polar surface area (TPSA) is 71.1 Å². The summed E-state index contributed by atoms with van der Waals surface area (Å²) in [7, 11) is 0. The van der Waals surface area contributed by atoms with Crippen molar-refractivity contribution in [3.05, 3.63) is 88.1 Å². The molecule has 0 aliphatic heterocycles. The number of nitrogens with zero attached hydrogens (tertiary/aromatic N) is 1. The summed E-state index contributed by atoms with van der Waals surface area (Å²) < 4.78 is 0. The SMILES string of the molecule is O=C(Cc1csc(-c2ccccc2)n1)Nc1ccc(NC(=O)c2cccs2)cc1. The highest BCUT2D eigenvalue weighted by Crippen LogP contribution is 2.23. The van der Waals surface area contributed by atoms with Crippen molar-refractivity contribution in [2.75, 3.05) is 10.6 Å². The Morgan fingerprint density at radius 3 is 2.24 bits per heavy atom. The molecule has 0 saturated heterocycles. The zero-order chi connectivity index (χ0) is 20.1. The first-order chi connectivity index (χ1) is 14.2. The lowest BCUT2D eigenvalue weighted by atomic mass is 10.2. The molecule has 0 bridgehead atoms. The van der Waals surface area contributed by atoms with Gasteiger partial charge in [-0.25, -0.2) is 4.98 Å². The van der Waals surface area contributed by atoms with Crippen molar-refractivity contribution in [2.24, 2.45) is 0 Å². The maximum Gasteiger partial charge on any atom is 0.265 e. The molecule has 2 aromatic heterocycles. The molecule has 4 aromatic rings. The van der Waals surface area contributed by atoms with E-state index in [4.69, 9.17) is 0 Å². The number of anilines is 2. The molecular formula is C22H17N3O2S2. The normalized spacial score (nSPS) is 10.5. The van der Waals surface area contributed by atoms with Crippen LogP contribution in [0.15, 0.2) is 77.5 Å². The van der Waals surface area contributed by atoms with Crippen LogP contribution in [0.4, 0.5) is 11.4 Å². The fraction of sp³-hybridized carbons (Fsp3) is 0.0455. The van der Waals surface area contributed by atoms with Gasteiger partial charge in [-0.3, -0.25) is 9.59 Å². The number of hydrogen-bond donors (Lipinski definition) is 2. The Hall–Kier alpha value is -3.29. The fourth-order valence-electron chi connectivity index (χ4n) is 2.71. The van der Waals surface area contributed by atoms with Crippen molar-refractivity contribution >= 4 is 45.9 Å². The molecular weight excluding hydrogens is 402 g/mol. The number of thiazole rings is 1. The summed E-state index contributed by atoms with van der Waals surface area (Å²) in [5.41, 5.74) is 3.13. The number of thiophene rings is 1. The van der Waals surface area contributed by atoms with Crippen LogP contribution in [0.25, 0.3) is 10.6 Å². The van der Waals surface area contributed by atoms with E-state index in [0.29, 0.717) is 16.3 Å². The molecule has 2 amide bonds. The summed E-state index contributed by atoms with van der Waals surface area (Å²) >= 11 is 2.92. The predicted octanol–water partition coefficient (Wildman–Crippen LogP) is 5.31. The minimum atomic E-state index is -0.144. The van der Waals surface area contributed by atoms with Gasteiger partial charge in [0.25, 0.3) is 5.91 Å². The van der Waals surface area contributed by atoms with Crippen LogP contribution in [0.3, 0.4) is 0 Å². The van der Waals surface area contributed by atoms with Crippen LogP contribution in [0, 0.1) is 0 Å². The van der Waals surface area contributed by atoms with E-state index in [1.54, 1.807) is 30.3 Å². The first kappa shape index (κ1) is 19.0. The first-order valence-corrected chi connectivity index (χ1v) is 10.7. The lowest BCUT2D eigenvalue weighted by Gasteiger charge is -2.07. The largest absolute Gasteiger partial charge is 0.326 e. The molecule has 0 saturated carbocycles. The Labute approximate surface area is 176 Å². The highest BCUT2D eigenvalue weighted by Gasteiger charge is 2.10. The van der Waals surface area contributed by atoms with Crippen LogP contribution < -0.4 is 10.6 Å². The van der Waals surface area contributed by atoms with Crippen molar-refractivity contribution in [3.8, 4) is 10.6 Å². The van der Waals surface area contributed by atoms with Gasteiger partial charge in [0.2, 0.25) is 5.91 Å². The van der Waals surface area contributed by atoms with Gasteiger partial charge in [0.15, 0.2) is 0 Å². The van der Waals surface area contributed by atoms with Crippen LogP contribution in [0.5, 0.6) is 0 Å². The van der Waals surface area contributed by atoms with Gasteiger partial charge in [0.05, 0.1) is 17.0 Å². The molecule has 0 radical (unpaired) electrons. The van der Waals surface area contributed by atoms with Gasteiger partial charge >= 0.3 is 0 Å². The van der Waals surface area contributed by atoms with Crippen LogP contribution in [-0.4, -0.2) is 16.8 Å². The molecule has 0 fully saturated rings. The zero-order valence-corrected chi connectivity index (χ0v) is 16.9. The van der Waals surface area contributed by atoms with Crippen molar-refractivity contribution in [1.82, 2.24) is 4.98 Å². The second kappa shape index (κ2) is 8.81. The maximum atomic E-state index is 12.3. The van der Waals surface area contributed by atoms with Gasteiger partial charge in [-0.2, -0.15) is 0 Å². The average molecular weight is 420 g/mol. The predicted molar refractivity (Wildman–Crippen MR) is 119 cm³/mol. The summed E-state index contributed by atoms with van der Waals surface area (Å²) in [5.74, 6) is -0.278. The number of nitrogens with one attached hydrogen (secondary N) is 2. The van der Waals surface area contributed by atoms with Crippen LogP contribution in [-0.2, 0) is 11.2 Å². The average Bonchev–Trinajstić information content (AvgIpc) is 3.42. The molecule has 7 heteroatoms. The number of aromatic nitrogens is 1. The van der Waals surface area contributed by atoms with Crippen LogP contribution >= 0.6 is 22.7 Å². The number of amides is 2. The standard InChI is InChI=1S/C22H17N3O2S2/c26-20(13-18-14-29-22(25-18)15-5-2-1-3-6-15)23-16-8-10-17(11-9-16)24-21(27)19-7-4-12-28-19/h1-12,14H,13H2,(H,23,26)(H,24,27). The molecule has 2 heterocycles. The summed E-state index contributed by atoms with van der Waals surface area (Å²) in [6, 6.07) is 20.6. The molecule has 2 N–H and O–H groups in total. The summed E-state index contributed by atoms with van der Waals surface area (Å²) in [6.45, 7) is 0. The molecule has 0 unspecified atom stereocenters. The Morgan fingerprint density at radius 1 is 0.828 bits per heavy atom. The van der Waals surface area contributed by atoms with Crippen LogP contribution in [0.2, 0.25) is 0 Å². The molecule has 0 aliphatic rings. The molecule has 0 spiro atoms. The molecule has 0 aliphatic carbocycles. The second-order valence-corrected chi connectivity index (χ2v) is 8.05. The van der Waals surface area contributed by atoms with Gasteiger partial charge in [0.1, 0.15) is 5.01 Å². The monoisotopic (exact) mass is 419 g/mol. The minimum Gasteiger partial charge on any atom is -0.326 e. The molecule has 4 rings (SSSR count). The van der Waals surface area contributed by atoms with E-state index < -0.39 is 0 Å². The number of benzene rings is 2. The van der Waals surface area contributed by atoms with E-state index in [9.17, 15) is 9.59 Å². The highest BCUT2D eigenvalue weighted by molar-refractivity contribution is 7.13. The Balaban J connectivity index is 1.33. The van der Waals surface area contributed by atoms with E-state index >= 15 is 0 Å². The van der Waals surface area contributed by atoms with Gasteiger partial charge in [-0.15, -0.1) is 22.7 Å². The smallest absolute Gasteiger partial charge is 0.265 e. The van der Waals surface area contributed by atoms with E-state index in [2.05, 4.69) is 15.6 Å². The first-order valence-electron chi connectivity index (χ1n) is 8.92. The summed E-state index contributed by atoms with van der Waals surface area (Å²) in [4.78, 5) is 29.6. The van der Waals surface area contributed by atoms with E-state index in [1.807, 2.05) is 47.2 Å². The Kier molecular flexibility index (Phi) is 5.79. The van der Waals surface area contributed by atoms with Crippen molar-refractivity contribution < 1.29 is 9.59 Å². The van der Waals surface area contributed by atoms with Gasteiger partial charge in [0, 0.05) is 22.3 Å². The molecule has 29 heavy (non-hydrogen) atoms. The lowest BCUT2D eigenvalue weighted by molar-refractivity contribution is -0.115. The maximum absolute atomic E-state index is 12.3. The van der Waals surface area contributed by atoms with Crippen LogP contribution in [0.1, 0.15) is 15.4 Å². The Morgan fingerprint density at radius 2 is 1.55 bits per heavy atom. The number of carbonyl (C=O) groups excluding carboxylic acids is 2. The quantitative estimate of drug-likeness (QED) is 0.445. The molecule has 0 atom stereocenters. The van der Waals surface area contributed by atoms with Crippen molar-refractivity contribution in [3.63, 3.8) is 0 Å². The highest BCUT2D eigenvalue weighted by atomic mass is 32.1. The Bertz CT molecular complexity index is 1100. The van der Waals surface area contributed by atoms with E-state index in [1.165, 1.54) is 22.7 Å². The molecule has 144 valence electrons. The van der Waals surface area contributed by atoms with E-state index in [-0.39, 0.29) is 18.2 Å². The second-order valence-electron chi connectivity index (χ2n) is 6.24. The third kappa shape index (κ3) is 4.96. The van der Waals surface area contributed by atoms with Crippen molar-refractivity contribution in [1.29, 1.82) is 0 Å². The number of rotatable bonds is 6.